The number of halogens is 3. The van der Waals surface area contributed by atoms with E-state index in [2.05, 4.69) is 15.3 Å². The van der Waals surface area contributed by atoms with Crippen LogP contribution in [0.2, 0.25) is 0 Å². The number of nitrogens with one attached hydrogen (secondary N) is 2. The molecule has 1 atom stereocenters. The van der Waals surface area contributed by atoms with Crippen molar-refractivity contribution < 1.29 is 18.0 Å². The van der Waals surface area contributed by atoms with Crippen LogP contribution in [-0.2, 0) is 6.18 Å². The Morgan fingerprint density at radius 3 is 2.61 bits per heavy atom. The van der Waals surface area contributed by atoms with Gasteiger partial charge < -0.3 is 10.3 Å². The van der Waals surface area contributed by atoms with Gasteiger partial charge in [-0.2, -0.15) is 13.2 Å². The molecule has 2 aromatic rings. The molecule has 1 aromatic heterocycles. The van der Waals surface area contributed by atoms with Gasteiger partial charge in [0.1, 0.15) is 11.5 Å². The largest absolute Gasteiger partial charge is 0.416 e. The summed E-state index contributed by atoms with van der Waals surface area (Å²) in [6.07, 6.45) is -4.45. The molecule has 1 aromatic carbocycles. The summed E-state index contributed by atoms with van der Waals surface area (Å²) in [6.45, 7) is 3.07. The standard InChI is InChI=1S/C15H14F3N3O2/c1-8(10-4-3-5-11(6-10)15(16,17)18)19-14(23)12-7-13(22)21-9(2)20-12/h3-8H,1-2H3,(H,19,23)(H,20,21,22)/t8-/m1/s1. The Hall–Kier alpha value is -2.64. The summed E-state index contributed by atoms with van der Waals surface area (Å²) in [5.74, 6) is -0.363. The molecule has 1 heterocycles. The highest BCUT2D eigenvalue weighted by Gasteiger charge is 2.30. The molecule has 122 valence electrons. The lowest BCUT2D eigenvalue weighted by atomic mass is 10.0. The highest BCUT2D eigenvalue weighted by molar-refractivity contribution is 5.92. The second kappa shape index (κ2) is 6.23. The number of rotatable bonds is 3. The number of benzene rings is 1. The monoisotopic (exact) mass is 325 g/mol. The molecule has 0 fully saturated rings. The minimum absolute atomic E-state index is 0.0925. The molecule has 5 nitrogen and oxygen atoms in total. The molecule has 0 saturated carbocycles. The van der Waals surface area contributed by atoms with E-state index in [1.54, 1.807) is 6.92 Å². The van der Waals surface area contributed by atoms with E-state index in [1.165, 1.54) is 19.1 Å². The van der Waals surface area contributed by atoms with E-state index in [9.17, 15) is 22.8 Å². The summed E-state index contributed by atoms with van der Waals surface area (Å²) in [6, 6.07) is 5.04. The fraction of sp³-hybridized carbons (Fsp3) is 0.267. The number of carbonyl (C=O) groups excluding carboxylic acids is 1. The predicted octanol–water partition coefficient (Wildman–Crippen LogP) is 2.59. The van der Waals surface area contributed by atoms with E-state index < -0.39 is 29.2 Å². The van der Waals surface area contributed by atoms with Crippen LogP contribution in [0.25, 0.3) is 0 Å². The lowest BCUT2D eigenvalue weighted by Gasteiger charge is -2.16. The average molecular weight is 325 g/mol. The van der Waals surface area contributed by atoms with Gasteiger partial charge in [-0.1, -0.05) is 12.1 Å². The van der Waals surface area contributed by atoms with Crippen molar-refractivity contribution in [1.82, 2.24) is 15.3 Å². The molecule has 0 unspecified atom stereocenters. The van der Waals surface area contributed by atoms with Crippen LogP contribution in [0.1, 0.15) is 40.4 Å². The first kappa shape index (κ1) is 16.7. The number of carbonyl (C=O) groups is 1. The Morgan fingerprint density at radius 1 is 1.30 bits per heavy atom. The van der Waals surface area contributed by atoms with Gasteiger partial charge in [-0.15, -0.1) is 0 Å². The lowest BCUT2D eigenvalue weighted by Crippen LogP contribution is -2.29. The fourth-order valence-corrected chi connectivity index (χ4v) is 2.03. The molecule has 0 aliphatic heterocycles. The zero-order chi connectivity index (χ0) is 17.2. The van der Waals surface area contributed by atoms with Crippen LogP contribution in [0, 0.1) is 6.92 Å². The summed E-state index contributed by atoms with van der Waals surface area (Å²) in [7, 11) is 0. The van der Waals surface area contributed by atoms with Gasteiger partial charge in [-0.3, -0.25) is 9.59 Å². The van der Waals surface area contributed by atoms with Crippen LogP contribution >= 0.6 is 0 Å². The van der Waals surface area contributed by atoms with Crippen LogP contribution in [0.4, 0.5) is 13.2 Å². The molecular weight excluding hydrogens is 311 g/mol. The Morgan fingerprint density at radius 2 is 2.00 bits per heavy atom. The number of nitrogens with zero attached hydrogens (tertiary/aromatic N) is 1. The molecule has 0 bridgehead atoms. The maximum atomic E-state index is 12.7. The third-order valence-electron chi connectivity index (χ3n) is 3.15. The topological polar surface area (TPSA) is 74.8 Å². The van der Waals surface area contributed by atoms with Crippen LogP contribution in [0.3, 0.4) is 0 Å². The minimum atomic E-state index is -4.45. The van der Waals surface area contributed by atoms with Crippen LogP contribution in [-0.4, -0.2) is 15.9 Å². The average Bonchev–Trinajstić information content (AvgIpc) is 2.45. The molecular formula is C15H14F3N3O2. The predicted molar refractivity (Wildman–Crippen MR) is 76.9 cm³/mol. The summed E-state index contributed by atoms with van der Waals surface area (Å²) in [5.41, 5.74) is -1.06. The third kappa shape index (κ3) is 4.18. The summed E-state index contributed by atoms with van der Waals surface area (Å²) in [5, 5.41) is 2.52. The third-order valence-corrected chi connectivity index (χ3v) is 3.15. The van der Waals surface area contributed by atoms with Crippen molar-refractivity contribution in [3.05, 3.63) is 63.3 Å². The number of aryl methyl sites for hydroxylation is 1. The molecule has 2 N–H and O–H groups in total. The van der Waals surface area contributed by atoms with E-state index >= 15 is 0 Å². The normalized spacial score (nSPS) is 12.7. The van der Waals surface area contributed by atoms with Gasteiger partial charge >= 0.3 is 6.18 Å². The SMILES string of the molecule is Cc1nc(C(=O)N[C@H](C)c2cccc(C(F)(F)F)c2)cc(=O)[nH]1. The first-order valence-electron chi connectivity index (χ1n) is 6.73. The number of alkyl halides is 3. The van der Waals surface area contributed by atoms with E-state index in [1.807, 2.05) is 0 Å². The zero-order valence-electron chi connectivity index (χ0n) is 12.4. The van der Waals surface area contributed by atoms with Crippen molar-refractivity contribution in [3.8, 4) is 0 Å². The Balaban J connectivity index is 2.20. The molecule has 0 spiro atoms. The van der Waals surface area contributed by atoms with Crippen molar-refractivity contribution in [3.63, 3.8) is 0 Å². The fourth-order valence-electron chi connectivity index (χ4n) is 2.03. The number of amides is 1. The van der Waals surface area contributed by atoms with Crippen LogP contribution < -0.4 is 10.9 Å². The van der Waals surface area contributed by atoms with E-state index in [0.29, 0.717) is 5.56 Å². The number of H-pyrrole nitrogens is 1. The summed E-state index contributed by atoms with van der Waals surface area (Å²) < 4.78 is 38.1. The highest BCUT2D eigenvalue weighted by Crippen LogP contribution is 2.30. The lowest BCUT2D eigenvalue weighted by molar-refractivity contribution is -0.137. The van der Waals surface area contributed by atoms with Gasteiger partial charge in [0.2, 0.25) is 0 Å². The van der Waals surface area contributed by atoms with Gasteiger partial charge in [-0.05, 0) is 31.5 Å². The van der Waals surface area contributed by atoms with Crippen molar-refractivity contribution in [2.24, 2.45) is 0 Å². The molecule has 23 heavy (non-hydrogen) atoms. The van der Waals surface area contributed by atoms with Gasteiger partial charge in [0, 0.05) is 6.07 Å². The molecule has 0 aliphatic rings. The first-order chi connectivity index (χ1) is 10.7. The maximum Gasteiger partial charge on any atom is 0.416 e. The second-order valence-corrected chi connectivity index (χ2v) is 5.03. The molecule has 2 rings (SSSR count). The zero-order valence-corrected chi connectivity index (χ0v) is 12.4. The van der Waals surface area contributed by atoms with Gasteiger partial charge in [0.15, 0.2) is 0 Å². The molecule has 8 heteroatoms. The Bertz CT molecular complexity index is 784. The van der Waals surface area contributed by atoms with Crippen molar-refractivity contribution in [2.45, 2.75) is 26.1 Å². The number of aromatic nitrogens is 2. The molecule has 0 aliphatic carbocycles. The summed E-state index contributed by atoms with van der Waals surface area (Å²) >= 11 is 0. The van der Waals surface area contributed by atoms with Gasteiger partial charge in [0.05, 0.1) is 11.6 Å². The van der Waals surface area contributed by atoms with Crippen molar-refractivity contribution >= 4 is 5.91 Å². The number of aromatic amines is 1. The number of hydrogen-bond donors (Lipinski definition) is 2. The Kier molecular flexibility index (Phi) is 4.53. The van der Waals surface area contributed by atoms with E-state index in [-0.39, 0.29) is 11.5 Å². The smallest absolute Gasteiger partial charge is 0.344 e. The van der Waals surface area contributed by atoms with Crippen molar-refractivity contribution in [2.75, 3.05) is 0 Å². The van der Waals surface area contributed by atoms with E-state index in [0.717, 1.165) is 18.2 Å². The van der Waals surface area contributed by atoms with Gasteiger partial charge in [-0.25, -0.2) is 4.98 Å². The van der Waals surface area contributed by atoms with Crippen LogP contribution in [0.15, 0.2) is 35.1 Å². The van der Waals surface area contributed by atoms with Crippen molar-refractivity contribution in [1.29, 1.82) is 0 Å². The van der Waals surface area contributed by atoms with E-state index in [4.69, 9.17) is 0 Å². The second-order valence-electron chi connectivity index (χ2n) is 5.03. The van der Waals surface area contributed by atoms with Crippen LogP contribution in [0.5, 0.6) is 0 Å². The molecule has 0 radical (unpaired) electrons. The Labute approximate surface area is 129 Å². The molecule has 0 saturated heterocycles. The highest BCUT2D eigenvalue weighted by atomic mass is 19.4. The number of hydrogen-bond acceptors (Lipinski definition) is 3. The summed E-state index contributed by atoms with van der Waals surface area (Å²) in [4.78, 5) is 29.7. The minimum Gasteiger partial charge on any atom is -0.344 e. The first-order valence-corrected chi connectivity index (χ1v) is 6.73. The van der Waals surface area contributed by atoms with Gasteiger partial charge in [0.25, 0.3) is 11.5 Å². The quantitative estimate of drug-likeness (QED) is 0.911. The molecule has 1 amide bonds. The maximum absolute atomic E-state index is 12.7.